The number of nitrogens with one attached hydrogen (secondary N) is 4. The van der Waals surface area contributed by atoms with E-state index in [1.807, 2.05) is 36.4 Å². The van der Waals surface area contributed by atoms with Crippen molar-refractivity contribution in [1.29, 1.82) is 5.41 Å². The number of hydrazine groups is 1. The summed E-state index contributed by atoms with van der Waals surface area (Å²) < 4.78 is 0. The molecule has 1 fully saturated rings. The topological polar surface area (TPSA) is 63.2 Å². The average molecular weight is 432 g/mol. The number of rotatable bonds is 8. The zero-order valence-corrected chi connectivity index (χ0v) is 18.0. The van der Waals surface area contributed by atoms with Gasteiger partial charge in [0.05, 0.1) is 5.71 Å². The Labute approximate surface area is 182 Å². The van der Waals surface area contributed by atoms with Crippen LogP contribution >= 0.6 is 23.2 Å². The van der Waals surface area contributed by atoms with Gasteiger partial charge in [0.2, 0.25) is 0 Å². The number of hydrogen-bond donors (Lipinski definition) is 4. The summed E-state index contributed by atoms with van der Waals surface area (Å²) in [4.78, 5) is 2.43. The van der Waals surface area contributed by atoms with Gasteiger partial charge in [0.25, 0.3) is 0 Å². The lowest BCUT2D eigenvalue weighted by Crippen LogP contribution is -2.45. The third kappa shape index (κ3) is 6.21. The van der Waals surface area contributed by atoms with Gasteiger partial charge in [-0.1, -0.05) is 59.6 Å². The molecule has 2 aromatic rings. The summed E-state index contributed by atoms with van der Waals surface area (Å²) in [6, 6.07) is 15.8. The summed E-state index contributed by atoms with van der Waals surface area (Å²) in [5, 5.41) is 13.3. The summed E-state index contributed by atoms with van der Waals surface area (Å²) in [6.45, 7) is 2.87. The fraction of sp³-hybridized carbons (Fsp3) is 0.318. The molecule has 1 heterocycles. The normalized spacial score (nSPS) is 15.9. The molecule has 0 aromatic heterocycles. The Morgan fingerprint density at radius 2 is 1.72 bits per heavy atom. The van der Waals surface area contributed by atoms with Crippen molar-refractivity contribution in [2.24, 2.45) is 0 Å². The highest BCUT2D eigenvalue weighted by atomic mass is 35.5. The van der Waals surface area contributed by atoms with Crippen LogP contribution in [0.5, 0.6) is 0 Å². The molecule has 29 heavy (non-hydrogen) atoms. The van der Waals surface area contributed by atoms with Gasteiger partial charge in [-0.3, -0.25) is 4.90 Å². The van der Waals surface area contributed by atoms with Crippen LogP contribution in [0.2, 0.25) is 10.0 Å². The second kappa shape index (κ2) is 10.6. The van der Waals surface area contributed by atoms with Crippen LogP contribution in [0.1, 0.15) is 24.0 Å². The van der Waals surface area contributed by atoms with Gasteiger partial charge < -0.3 is 16.2 Å². The Bertz CT molecular complexity index is 860. The lowest BCUT2D eigenvalue weighted by molar-refractivity contribution is 0.194. The van der Waals surface area contributed by atoms with Gasteiger partial charge >= 0.3 is 0 Å². The summed E-state index contributed by atoms with van der Waals surface area (Å²) in [7, 11) is 1.81. The lowest BCUT2D eigenvalue weighted by Gasteiger charge is -2.33. The van der Waals surface area contributed by atoms with E-state index in [-0.39, 0.29) is 0 Å². The molecule has 7 heteroatoms. The molecule has 0 saturated carbocycles. The van der Waals surface area contributed by atoms with Crippen LogP contribution in [0.4, 0.5) is 0 Å². The predicted octanol–water partition coefficient (Wildman–Crippen LogP) is 4.18. The molecule has 1 aliphatic heterocycles. The van der Waals surface area contributed by atoms with Crippen LogP contribution in [-0.2, 0) is 6.54 Å². The molecular weight excluding hydrogens is 405 g/mol. The largest absolute Gasteiger partial charge is 0.368 e. The molecule has 3 rings (SSSR count). The smallest absolute Gasteiger partial charge is 0.115 e. The molecule has 0 spiro atoms. The van der Waals surface area contributed by atoms with Crippen molar-refractivity contribution in [3.05, 3.63) is 81.6 Å². The standard InChI is InChI=1S/C22H27Cl2N5/c1-26-28-22(14-21(25)18-7-3-5-9-20(18)24)27-17-10-12-29(13-11-17)15-16-6-2-4-8-19(16)23/h2-9,14,17,25-28H,10-13,15H2,1H3/b22-14-,25-21?. The third-order valence-corrected chi connectivity index (χ3v) is 5.71. The first-order chi connectivity index (χ1) is 14.1. The van der Waals surface area contributed by atoms with Crippen molar-refractivity contribution in [2.75, 3.05) is 20.1 Å². The summed E-state index contributed by atoms with van der Waals surface area (Å²) in [6.07, 6.45) is 3.81. The third-order valence-electron chi connectivity index (χ3n) is 5.01. The zero-order chi connectivity index (χ0) is 20.6. The van der Waals surface area contributed by atoms with Crippen molar-refractivity contribution in [1.82, 2.24) is 21.1 Å². The van der Waals surface area contributed by atoms with Gasteiger partial charge in [0, 0.05) is 54.4 Å². The highest BCUT2D eigenvalue weighted by molar-refractivity contribution is 6.34. The average Bonchev–Trinajstić information content (AvgIpc) is 2.71. The Morgan fingerprint density at radius 3 is 2.38 bits per heavy atom. The first-order valence-electron chi connectivity index (χ1n) is 9.77. The van der Waals surface area contributed by atoms with Crippen LogP contribution in [0.3, 0.4) is 0 Å². The van der Waals surface area contributed by atoms with E-state index >= 15 is 0 Å². The minimum atomic E-state index is 0.337. The highest BCUT2D eigenvalue weighted by Crippen LogP contribution is 2.20. The number of nitrogens with zero attached hydrogens (tertiary/aromatic N) is 1. The maximum Gasteiger partial charge on any atom is 0.115 e. The predicted molar refractivity (Wildman–Crippen MR) is 121 cm³/mol. The summed E-state index contributed by atoms with van der Waals surface area (Å²) in [5.41, 5.74) is 8.27. The molecule has 5 nitrogen and oxygen atoms in total. The van der Waals surface area contributed by atoms with E-state index in [0.717, 1.165) is 43.3 Å². The van der Waals surface area contributed by atoms with E-state index in [2.05, 4.69) is 27.1 Å². The second-order valence-corrected chi connectivity index (χ2v) is 7.93. The lowest BCUT2D eigenvalue weighted by atomic mass is 10.0. The number of hydrogen-bond acceptors (Lipinski definition) is 5. The number of allylic oxidation sites excluding steroid dienone is 1. The Morgan fingerprint density at radius 1 is 1.07 bits per heavy atom. The minimum Gasteiger partial charge on any atom is -0.368 e. The molecule has 0 amide bonds. The minimum absolute atomic E-state index is 0.337. The molecule has 0 aliphatic carbocycles. The van der Waals surface area contributed by atoms with E-state index in [9.17, 15) is 0 Å². The summed E-state index contributed by atoms with van der Waals surface area (Å²) >= 11 is 12.5. The van der Waals surface area contributed by atoms with Crippen LogP contribution in [0.25, 0.3) is 0 Å². The first kappa shape index (κ1) is 21.7. The van der Waals surface area contributed by atoms with E-state index in [0.29, 0.717) is 22.3 Å². The summed E-state index contributed by atoms with van der Waals surface area (Å²) in [5.74, 6) is 0.766. The van der Waals surface area contributed by atoms with Crippen LogP contribution in [0, 0.1) is 5.41 Å². The quantitative estimate of drug-likeness (QED) is 0.373. The van der Waals surface area contributed by atoms with E-state index in [1.54, 1.807) is 19.2 Å². The van der Waals surface area contributed by atoms with E-state index < -0.39 is 0 Å². The van der Waals surface area contributed by atoms with Crippen molar-refractivity contribution < 1.29 is 0 Å². The maximum absolute atomic E-state index is 8.38. The van der Waals surface area contributed by atoms with Gasteiger partial charge in [-0.2, -0.15) is 0 Å². The number of piperidine rings is 1. The Kier molecular flexibility index (Phi) is 7.95. The van der Waals surface area contributed by atoms with Gasteiger partial charge in [-0.05, 0) is 30.5 Å². The molecule has 1 aliphatic rings. The molecule has 2 aromatic carbocycles. The fourth-order valence-corrected chi connectivity index (χ4v) is 3.91. The molecule has 0 radical (unpaired) electrons. The number of halogens is 2. The molecule has 4 N–H and O–H groups in total. The molecule has 0 bridgehead atoms. The van der Waals surface area contributed by atoms with Gasteiger partial charge in [0.1, 0.15) is 5.82 Å². The molecular formula is C22H27Cl2N5. The van der Waals surface area contributed by atoms with Crippen molar-refractivity contribution in [2.45, 2.75) is 25.4 Å². The van der Waals surface area contributed by atoms with Crippen molar-refractivity contribution >= 4 is 28.9 Å². The van der Waals surface area contributed by atoms with Crippen molar-refractivity contribution in [3.8, 4) is 0 Å². The van der Waals surface area contributed by atoms with Crippen molar-refractivity contribution in [3.63, 3.8) is 0 Å². The Balaban J connectivity index is 1.57. The molecule has 0 unspecified atom stereocenters. The van der Waals surface area contributed by atoms with Gasteiger partial charge in [0.15, 0.2) is 0 Å². The van der Waals surface area contributed by atoms with E-state index in [1.165, 1.54) is 5.56 Å². The SMILES string of the molecule is CNN/C(=C\C(=N)c1ccccc1Cl)NC1CCN(Cc2ccccc2Cl)CC1. The molecule has 154 valence electrons. The zero-order valence-electron chi connectivity index (χ0n) is 16.5. The monoisotopic (exact) mass is 431 g/mol. The maximum atomic E-state index is 8.38. The van der Waals surface area contributed by atoms with Crippen LogP contribution in [-0.4, -0.2) is 36.8 Å². The Hall–Kier alpha value is -2.05. The van der Waals surface area contributed by atoms with Crippen LogP contribution < -0.4 is 16.2 Å². The fourth-order valence-electron chi connectivity index (χ4n) is 3.47. The van der Waals surface area contributed by atoms with Gasteiger partial charge in [-0.15, -0.1) is 0 Å². The van der Waals surface area contributed by atoms with Gasteiger partial charge in [-0.25, -0.2) is 5.43 Å². The second-order valence-electron chi connectivity index (χ2n) is 7.11. The molecule has 1 saturated heterocycles. The molecule has 0 atom stereocenters. The first-order valence-corrected chi connectivity index (χ1v) is 10.5. The van der Waals surface area contributed by atoms with E-state index in [4.69, 9.17) is 28.6 Å². The highest BCUT2D eigenvalue weighted by Gasteiger charge is 2.20. The van der Waals surface area contributed by atoms with Crippen LogP contribution in [0.15, 0.2) is 60.4 Å². The number of benzene rings is 2. The number of likely N-dealkylation sites (tertiary alicyclic amines) is 1.